The number of aryl methyl sites for hydroxylation is 1. The molecule has 2 rings (SSSR count). The fourth-order valence-corrected chi connectivity index (χ4v) is 1.55. The number of benzene rings is 1. The molecule has 2 aromatic rings. The fourth-order valence-electron chi connectivity index (χ4n) is 1.55. The van der Waals surface area contributed by atoms with Gasteiger partial charge in [0.05, 0.1) is 19.5 Å². The molecule has 0 radical (unpaired) electrons. The zero-order valence-electron chi connectivity index (χ0n) is 10.9. The van der Waals surface area contributed by atoms with Gasteiger partial charge >= 0.3 is 5.97 Å². The molecule has 5 nitrogen and oxygen atoms in total. The molecule has 1 heterocycles. The second-order valence-corrected chi connectivity index (χ2v) is 4.12. The lowest BCUT2D eigenvalue weighted by Crippen LogP contribution is -2.08. The van der Waals surface area contributed by atoms with Crippen molar-refractivity contribution in [2.75, 3.05) is 12.4 Å². The minimum Gasteiger partial charge on any atom is -0.464 e. The maximum atomic E-state index is 11.3. The maximum Gasteiger partial charge on any atom is 0.358 e. The molecule has 0 aliphatic heterocycles. The number of hydrogen-bond acceptors (Lipinski definition) is 5. The first-order valence-corrected chi connectivity index (χ1v) is 5.89. The van der Waals surface area contributed by atoms with Gasteiger partial charge in [0, 0.05) is 6.54 Å². The van der Waals surface area contributed by atoms with Gasteiger partial charge in [-0.1, -0.05) is 29.8 Å². The highest BCUT2D eigenvalue weighted by Crippen LogP contribution is 2.08. The lowest BCUT2D eigenvalue weighted by Gasteiger charge is -2.06. The summed E-state index contributed by atoms with van der Waals surface area (Å²) in [6, 6.07) is 8.18. The number of carbonyl (C=O) groups excluding carboxylic acids is 1. The Kier molecular flexibility index (Phi) is 4.07. The van der Waals surface area contributed by atoms with Crippen LogP contribution >= 0.6 is 0 Å². The number of carbonyl (C=O) groups is 1. The molecule has 1 aromatic carbocycles. The molecule has 0 bridgehead atoms. The molecule has 0 saturated heterocycles. The van der Waals surface area contributed by atoms with Crippen LogP contribution in [-0.2, 0) is 11.3 Å². The second-order valence-electron chi connectivity index (χ2n) is 4.12. The Morgan fingerprint density at radius 3 is 2.68 bits per heavy atom. The summed E-state index contributed by atoms with van der Waals surface area (Å²) in [4.78, 5) is 19.4. The Morgan fingerprint density at radius 2 is 2.00 bits per heavy atom. The smallest absolute Gasteiger partial charge is 0.358 e. The second kappa shape index (κ2) is 5.95. The highest BCUT2D eigenvalue weighted by molar-refractivity contribution is 5.87. The van der Waals surface area contributed by atoms with Crippen molar-refractivity contribution in [3.8, 4) is 0 Å². The van der Waals surface area contributed by atoms with Crippen LogP contribution in [0.15, 0.2) is 36.7 Å². The number of aromatic nitrogens is 2. The summed E-state index contributed by atoms with van der Waals surface area (Å²) in [5.41, 5.74) is 2.54. The Balaban J connectivity index is 2.03. The topological polar surface area (TPSA) is 64.1 Å². The zero-order chi connectivity index (χ0) is 13.7. The van der Waals surface area contributed by atoms with Gasteiger partial charge in [-0.05, 0) is 12.5 Å². The van der Waals surface area contributed by atoms with E-state index in [9.17, 15) is 4.79 Å². The van der Waals surface area contributed by atoms with Gasteiger partial charge in [0.1, 0.15) is 5.82 Å². The average molecular weight is 257 g/mol. The molecule has 0 saturated carbocycles. The molecular formula is C14H15N3O2. The molecule has 0 unspecified atom stereocenters. The quantitative estimate of drug-likeness (QED) is 0.850. The van der Waals surface area contributed by atoms with Crippen molar-refractivity contribution in [3.63, 3.8) is 0 Å². The third-order valence-corrected chi connectivity index (χ3v) is 2.62. The van der Waals surface area contributed by atoms with E-state index in [-0.39, 0.29) is 5.69 Å². The van der Waals surface area contributed by atoms with Crippen molar-refractivity contribution in [2.45, 2.75) is 13.5 Å². The first kappa shape index (κ1) is 13.0. The first-order valence-electron chi connectivity index (χ1n) is 5.89. The highest BCUT2D eigenvalue weighted by Gasteiger charge is 2.08. The molecule has 19 heavy (non-hydrogen) atoms. The van der Waals surface area contributed by atoms with Crippen molar-refractivity contribution >= 4 is 11.8 Å². The summed E-state index contributed by atoms with van der Waals surface area (Å²) >= 11 is 0. The van der Waals surface area contributed by atoms with Gasteiger partial charge in [-0.3, -0.25) is 4.98 Å². The van der Waals surface area contributed by atoms with Gasteiger partial charge < -0.3 is 10.1 Å². The van der Waals surface area contributed by atoms with Crippen LogP contribution in [0.5, 0.6) is 0 Å². The number of rotatable bonds is 4. The number of ether oxygens (including phenoxy) is 1. The normalized spacial score (nSPS) is 10.0. The van der Waals surface area contributed by atoms with E-state index in [0.29, 0.717) is 12.4 Å². The average Bonchev–Trinajstić information content (AvgIpc) is 2.46. The zero-order valence-corrected chi connectivity index (χ0v) is 10.9. The molecule has 5 heteroatoms. The maximum absolute atomic E-state index is 11.3. The molecular weight excluding hydrogens is 242 g/mol. The van der Waals surface area contributed by atoms with E-state index in [1.165, 1.54) is 18.9 Å². The third kappa shape index (κ3) is 3.51. The van der Waals surface area contributed by atoms with E-state index in [4.69, 9.17) is 0 Å². The monoisotopic (exact) mass is 257 g/mol. The number of nitrogens with zero attached hydrogens (tertiary/aromatic N) is 2. The Morgan fingerprint density at radius 1 is 1.26 bits per heavy atom. The predicted molar refractivity (Wildman–Crippen MR) is 71.9 cm³/mol. The molecule has 0 atom stereocenters. The molecule has 0 aliphatic rings. The largest absolute Gasteiger partial charge is 0.464 e. The van der Waals surface area contributed by atoms with Gasteiger partial charge in [-0.15, -0.1) is 0 Å². The summed E-state index contributed by atoms with van der Waals surface area (Å²) in [5, 5.41) is 3.12. The van der Waals surface area contributed by atoms with Crippen molar-refractivity contribution in [2.24, 2.45) is 0 Å². The number of hydrogen-bond donors (Lipinski definition) is 1. The van der Waals surface area contributed by atoms with E-state index >= 15 is 0 Å². The summed E-state index contributed by atoms with van der Waals surface area (Å²) in [6.07, 6.45) is 2.95. The van der Waals surface area contributed by atoms with Crippen LogP contribution < -0.4 is 5.32 Å². The van der Waals surface area contributed by atoms with E-state index in [1.807, 2.05) is 31.2 Å². The minimum atomic E-state index is -0.494. The van der Waals surface area contributed by atoms with Crippen molar-refractivity contribution in [3.05, 3.63) is 53.5 Å². The van der Waals surface area contributed by atoms with E-state index in [1.54, 1.807) is 6.20 Å². The minimum absolute atomic E-state index is 0.191. The SMILES string of the molecule is COC(=O)c1cncc(NCc2ccc(C)cc2)n1. The van der Waals surface area contributed by atoms with Crippen molar-refractivity contribution in [1.29, 1.82) is 0 Å². The lowest BCUT2D eigenvalue weighted by atomic mass is 10.1. The van der Waals surface area contributed by atoms with E-state index in [2.05, 4.69) is 20.0 Å². The summed E-state index contributed by atoms with van der Waals surface area (Å²) in [6.45, 7) is 2.67. The number of anilines is 1. The van der Waals surface area contributed by atoms with E-state index < -0.39 is 5.97 Å². The number of esters is 1. The fraction of sp³-hybridized carbons (Fsp3) is 0.214. The molecule has 0 amide bonds. The van der Waals surface area contributed by atoms with Crippen LogP contribution in [0, 0.1) is 6.92 Å². The van der Waals surface area contributed by atoms with Crippen molar-refractivity contribution < 1.29 is 9.53 Å². The molecule has 98 valence electrons. The Bertz CT molecular complexity index is 567. The number of methoxy groups -OCH3 is 1. The predicted octanol–water partition coefficient (Wildman–Crippen LogP) is 2.18. The highest BCUT2D eigenvalue weighted by atomic mass is 16.5. The van der Waals surface area contributed by atoms with Gasteiger partial charge in [0.15, 0.2) is 5.69 Å². The molecule has 0 spiro atoms. The molecule has 1 aromatic heterocycles. The van der Waals surface area contributed by atoms with E-state index in [0.717, 1.165) is 5.56 Å². The van der Waals surface area contributed by atoms with Crippen LogP contribution in [0.4, 0.5) is 5.82 Å². The summed E-state index contributed by atoms with van der Waals surface area (Å²) < 4.78 is 4.60. The van der Waals surface area contributed by atoms with Crippen LogP contribution in [0.3, 0.4) is 0 Å². The lowest BCUT2D eigenvalue weighted by molar-refractivity contribution is 0.0593. The Labute approximate surface area is 111 Å². The van der Waals surface area contributed by atoms with Crippen LogP contribution in [-0.4, -0.2) is 23.0 Å². The van der Waals surface area contributed by atoms with Crippen LogP contribution in [0.2, 0.25) is 0 Å². The van der Waals surface area contributed by atoms with Crippen molar-refractivity contribution in [1.82, 2.24) is 9.97 Å². The van der Waals surface area contributed by atoms with Gasteiger partial charge in [0.2, 0.25) is 0 Å². The summed E-state index contributed by atoms with van der Waals surface area (Å²) in [5.74, 6) is 0.0509. The summed E-state index contributed by atoms with van der Waals surface area (Å²) in [7, 11) is 1.32. The van der Waals surface area contributed by atoms with Gasteiger partial charge in [-0.2, -0.15) is 0 Å². The third-order valence-electron chi connectivity index (χ3n) is 2.62. The van der Waals surface area contributed by atoms with Crippen LogP contribution in [0.25, 0.3) is 0 Å². The number of nitrogens with one attached hydrogen (secondary N) is 1. The molecule has 0 aliphatic carbocycles. The standard InChI is InChI=1S/C14H15N3O2/c1-10-3-5-11(6-4-10)7-16-13-9-15-8-12(17-13)14(18)19-2/h3-6,8-9H,7H2,1-2H3,(H,16,17). The Hall–Kier alpha value is -2.43. The van der Waals surface area contributed by atoms with Crippen LogP contribution in [0.1, 0.15) is 21.6 Å². The first-order chi connectivity index (χ1) is 9.19. The molecule has 1 N–H and O–H groups in total. The molecule has 0 fully saturated rings. The van der Waals surface area contributed by atoms with Gasteiger partial charge in [-0.25, -0.2) is 9.78 Å². The van der Waals surface area contributed by atoms with Gasteiger partial charge in [0.25, 0.3) is 0 Å².